The first kappa shape index (κ1) is 14.2. The van der Waals surface area contributed by atoms with Crippen molar-refractivity contribution in [3.63, 3.8) is 0 Å². The van der Waals surface area contributed by atoms with Gasteiger partial charge in [-0.3, -0.25) is 0 Å². The number of ether oxygens (including phenoxy) is 2. The van der Waals surface area contributed by atoms with Crippen LogP contribution < -0.4 is 5.32 Å². The van der Waals surface area contributed by atoms with Crippen LogP contribution in [0.1, 0.15) is 32.1 Å². The summed E-state index contributed by atoms with van der Waals surface area (Å²) in [7, 11) is 3.54. The first-order valence-corrected chi connectivity index (χ1v) is 6.67. The molecule has 0 heterocycles. The van der Waals surface area contributed by atoms with Crippen molar-refractivity contribution in [1.82, 2.24) is 5.32 Å². The monoisotopic (exact) mass is 249 g/mol. The summed E-state index contributed by atoms with van der Waals surface area (Å²) < 4.78 is 10.6. The normalized spacial score (nSPS) is 27.9. The molecule has 1 fully saturated rings. The number of halogens is 1. The molecule has 0 bridgehead atoms. The van der Waals surface area contributed by atoms with Crippen LogP contribution in [0.15, 0.2) is 0 Å². The molecule has 4 heteroatoms. The molecule has 16 heavy (non-hydrogen) atoms. The molecule has 1 N–H and O–H groups in total. The summed E-state index contributed by atoms with van der Waals surface area (Å²) in [5.41, 5.74) is 0. The van der Waals surface area contributed by atoms with Gasteiger partial charge >= 0.3 is 0 Å². The van der Waals surface area contributed by atoms with Crippen molar-refractivity contribution in [3.8, 4) is 0 Å². The molecule has 0 spiro atoms. The number of hydrogen-bond donors (Lipinski definition) is 1. The molecule has 1 saturated carbocycles. The predicted molar refractivity (Wildman–Crippen MR) is 67.2 cm³/mol. The summed E-state index contributed by atoms with van der Waals surface area (Å²) >= 11 is 5.79. The molecule has 1 aliphatic carbocycles. The van der Waals surface area contributed by atoms with E-state index in [1.165, 1.54) is 19.3 Å². The zero-order chi connectivity index (χ0) is 11.8. The summed E-state index contributed by atoms with van der Waals surface area (Å²) in [5, 5.41) is 3.63. The first-order valence-electron chi connectivity index (χ1n) is 6.13. The van der Waals surface area contributed by atoms with E-state index in [4.69, 9.17) is 21.1 Å². The van der Waals surface area contributed by atoms with Crippen LogP contribution in [0.4, 0.5) is 0 Å². The highest BCUT2D eigenvalue weighted by atomic mass is 35.5. The van der Waals surface area contributed by atoms with Crippen molar-refractivity contribution in [1.29, 1.82) is 0 Å². The predicted octanol–water partition coefficient (Wildman–Crippen LogP) is 2.18. The molecule has 1 aliphatic rings. The zero-order valence-corrected chi connectivity index (χ0v) is 11.1. The maximum Gasteiger partial charge on any atom is 0.0616 e. The summed E-state index contributed by atoms with van der Waals surface area (Å²) in [5.74, 6) is 0.682. The Bertz CT molecular complexity index is 174. The van der Waals surface area contributed by atoms with Gasteiger partial charge in [0.15, 0.2) is 0 Å². The van der Waals surface area contributed by atoms with E-state index in [0.29, 0.717) is 24.1 Å². The zero-order valence-electron chi connectivity index (χ0n) is 10.4. The van der Waals surface area contributed by atoms with E-state index in [1.54, 1.807) is 14.2 Å². The summed E-state index contributed by atoms with van der Waals surface area (Å²) in [6.45, 7) is 0.737. The fraction of sp³-hybridized carbons (Fsp3) is 1.00. The second-order valence-electron chi connectivity index (χ2n) is 4.52. The molecule has 3 atom stereocenters. The van der Waals surface area contributed by atoms with Gasteiger partial charge in [0.1, 0.15) is 0 Å². The number of hydrogen-bond acceptors (Lipinski definition) is 3. The van der Waals surface area contributed by atoms with Crippen molar-refractivity contribution >= 4 is 11.6 Å². The number of rotatable bonds is 7. The molecule has 0 radical (unpaired) electrons. The van der Waals surface area contributed by atoms with Gasteiger partial charge in [0, 0.05) is 32.2 Å². The van der Waals surface area contributed by atoms with Gasteiger partial charge in [0.25, 0.3) is 0 Å². The van der Waals surface area contributed by atoms with Gasteiger partial charge in [-0.25, -0.2) is 0 Å². The molecule has 0 aromatic heterocycles. The number of methoxy groups -OCH3 is 2. The van der Waals surface area contributed by atoms with Crippen LogP contribution in [0.2, 0.25) is 0 Å². The lowest BCUT2D eigenvalue weighted by Gasteiger charge is -2.32. The number of alkyl halides is 1. The minimum absolute atomic E-state index is 0.378. The Labute approximate surface area is 104 Å². The van der Waals surface area contributed by atoms with E-state index in [9.17, 15) is 0 Å². The van der Waals surface area contributed by atoms with Gasteiger partial charge in [0.05, 0.1) is 12.7 Å². The smallest absolute Gasteiger partial charge is 0.0616 e. The highest BCUT2D eigenvalue weighted by molar-refractivity contribution is 6.17. The third-order valence-corrected chi connectivity index (χ3v) is 3.47. The van der Waals surface area contributed by atoms with Crippen molar-refractivity contribution in [2.45, 2.75) is 50.3 Å². The quantitative estimate of drug-likeness (QED) is 0.702. The van der Waals surface area contributed by atoms with Crippen LogP contribution in [-0.4, -0.2) is 44.9 Å². The Kier molecular flexibility index (Phi) is 7.37. The van der Waals surface area contributed by atoms with E-state index in [-0.39, 0.29) is 0 Å². The van der Waals surface area contributed by atoms with Crippen molar-refractivity contribution in [2.75, 3.05) is 26.7 Å². The first-order chi connectivity index (χ1) is 7.80. The summed E-state index contributed by atoms with van der Waals surface area (Å²) in [6, 6.07) is 0.935. The molecular weight excluding hydrogens is 226 g/mol. The average Bonchev–Trinajstić information content (AvgIpc) is 2.30. The topological polar surface area (TPSA) is 30.5 Å². The third kappa shape index (κ3) is 5.00. The van der Waals surface area contributed by atoms with Gasteiger partial charge in [-0.2, -0.15) is 0 Å². The lowest BCUT2D eigenvalue weighted by molar-refractivity contribution is 0.0534. The standard InChI is InChI=1S/C12H24ClNO2/c1-15-9-11(6-7-13)14-10-4-3-5-12(8-10)16-2/h10-12,14H,3-9H2,1-2H3. The molecule has 0 aromatic carbocycles. The van der Waals surface area contributed by atoms with Gasteiger partial charge < -0.3 is 14.8 Å². The SMILES string of the molecule is COCC(CCCl)NC1CCCC(OC)C1. The Hall–Kier alpha value is 0.170. The molecule has 1 rings (SSSR count). The van der Waals surface area contributed by atoms with E-state index >= 15 is 0 Å². The van der Waals surface area contributed by atoms with Gasteiger partial charge in [-0.1, -0.05) is 0 Å². The maximum atomic E-state index is 5.79. The molecule has 0 aromatic rings. The third-order valence-electron chi connectivity index (χ3n) is 3.26. The van der Waals surface area contributed by atoms with E-state index in [1.807, 2.05) is 0 Å². The highest BCUT2D eigenvalue weighted by Crippen LogP contribution is 2.21. The van der Waals surface area contributed by atoms with Crippen LogP contribution in [0.25, 0.3) is 0 Å². The van der Waals surface area contributed by atoms with Crippen molar-refractivity contribution in [3.05, 3.63) is 0 Å². The van der Waals surface area contributed by atoms with Crippen LogP contribution >= 0.6 is 11.6 Å². The van der Waals surface area contributed by atoms with E-state index in [0.717, 1.165) is 19.4 Å². The molecule has 3 nitrogen and oxygen atoms in total. The summed E-state index contributed by atoms with van der Waals surface area (Å²) in [6.07, 6.45) is 6.17. The Morgan fingerprint density at radius 3 is 2.81 bits per heavy atom. The van der Waals surface area contributed by atoms with E-state index < -0.39 is 0 Å². The average molecular weight is 250 g/mol. The molecule has 0 aliphatic heterocycles. The molecule has 0 saturated heterocycles. The van der Waals surface area contributed by atoms with Gasteiger partial charge in [-0.15, -0.1) is 11.6 Å². The second kappa shape index (κ2) is 8.29. The fourth-order valence-electron chi connectivity index (χ4n) is 2.39. The minimum Gasteiger partial charge on any atom is -0.383 e. The van der Waals surface area contributed by atoms with Gasteiger partial charge in [0.2, 0.25) is 0 Å². The second-order valence-corrected chi connectivity index (χ2v) is 4.90. The van der Waals surface area contributed by atoms with Crippen molar-refractivity contribution < 1.29 is 9.47 Å². The van der Waals surface area contributed by atoms with Crippen LogP contribution in [-0.2, 0) is 9.47 Å². The molecule has 0 amide bonds. The largest absolute Gasteiger partial charge is 0.383 e. The summed E-state index contributed by atoms with van der Waals surface area (Å²) in [4.78, 5) is 0. The maximum absolute atomic E-state index is 5.79. The fourth-order valence-corrected chi connectivity index (χ4v) is 2.65. The highest BCUT2D eigenvalue weighted by Gasteiger charge is 2.23. The molecular formula is C12H24ClNO2. The van der Waals surface area contributed by atoms with Gasteiger partial charge in [-0.05, 0) is 32.1 Å². The minimum atomic E-state index is 0.378. The molecule has 96 valence electrons. The van der Waals surface area contributed by atoms with Crippen LogP contribution in [0, 0.1) is 0 Å². The Balaban J connectivity index is 2.31. The van der Waals surface area contributed by atoms with Crippen molar-refractivity contribution in [2.24, 2.45) is 0 Å². The Morgan fingerprint density at radius 2 is 2.19 bits per heavy atom. The Morgan fingerprint density at radius 1 is 1.38 bits per heavy atom. The van der Waals surface area contributed by atoms with Crippen LogP contribution in [0.3, 0.4) is 0 Å². The molecule has 3 unspecified atom stereocenters. The van der Waals surface area contributed by atoms with Crippen LogP contribution in [0.5, 0.6) is 0 Å². The number of nitrogens with one attached hydrogen (secondary N) is 1. The lowest BCUT2D eigenvalue weighted by atomic mass is 9.92. The lowest BCUT2D eigenvalue weighted by Crippen LogP contribution is -2.44. The van der Waals surface area contributed by atoms with E-state index in [2.05, 4.69) is 5.32 Å².